The second-order valence-corrected chi connectivity index (χ2v) is 4.46. The Morgan fingerprint density at radius 3 is 2.74 bits per heavy atom. The molecule has 1 aliphatic heterocycles. The highest BCUT2D eigenvalue weighted by Gasteiger charge is 2.32. The van der Waals surface area contributed by atoms with Crippen molar-refractivity contribution in [2.75, 3.05) is 20.2 Å². The Labute approximate surface area is 110 Å². The minimum absolute atomic E-state index is 0.108. The lowest BCUT2D eigenvalue weighted by molar-refractivity contribution is -0.144. The lowest BCUT2D eigenvalue weighted by atomic mass is 10.1. The average Bonchev–Trinajstić information content (AvgIpc) is 2.86. The van der Waals surface area contributed by atoms with E-state index in [1.54, 1.807) is 0 Å². The molecular formula is C13H15NO5. The number of methoxy groups -OCH3 is 1. The molecule has 6 nitrogen and oxygen atoms in total. The molecule has 1 unspecified atom stereocenters. The fraction of sp³-hybridized carbons (Fsp3) is 0.385. The van der Waals surface area contributed by atoms with Crippen molar-refractivity contribution in [2.45, 2.75) is 6.42 Å². The number of hydrogen-bond acceptors (Lipinski definition) is 5. The van der Waals surface area contributed by atoms with Gasteiger partial charge in [0.1, 0.15) is 11.5 Å². The molecule has 0 radical (unpaired) electrons. The summed E-state index contributed by atoms with van der Waals surface area (Å²) in [5.41, 5.74) is 0.114. The molecule has 102 valence electrons. The summed E-state index contributed by atoms with van der Waals surface area (Å²) >= 11 is 0. The highest BCUT2D eigenvalue weighted by Crippen LogP contribution is 2.26. The van der Waals surface area contributed by atoms with Crippen LogP contribution in [0.2, 0.25) is 0 Å². The van der Waals surface area contributed by atoms with Gasteiger partial charge in [-0.15, -0.1) is 0 Å². The number of esters is 1. The van der Waals surface area contributed by atoms with Crippen LogP contribution in [0.5, 0.6) is 11.5 Å². The van der Waals surface area contributed by atoms with Gasteiger partial charge in [-0.3, -0.25) is 9.59 Å². The van der Waals surface area contributed by atoms with Crippen molar-refractivity contribution in [3.8, 4) is 11.5 Å². The van der Waals surface area contributed by atoms with Crippen LogP contribution in [0.25, 0.3) is 0 Å². The van der Waals surface area contributed by atoms with Gasteiger partial charge in [0.05, 0.1) is 18.6 Å². The third-order valence-electron chi connectivity index (χ3n) is 3.22. The topological polar surface area (TPSA) is 87.1 Å². The third kappa shape index (κ3) is 2.62. The summed E-state index contributed by atoms with van der Waals surface area (Å²) in [4.78, 5) is 25.0. The van der Waals surface area contributed by atoms with Gasteiger partial charge >= 0.3 is 5.97 Å². The van der Waals surface area contributed by atoms with Crippen molar-refractivity contribution in [2.24, 2.45) is 5.92 Å². The van der Waals surface area contributed by atoms with Gasteiger partial charge < -0.3 is 19.8 Å². The second-order valence-electron chi connectivity index (χ2n) is 4.46. The van der Waals surface area contributed by atoms with Gasteiger partial charge in [-0.1, -0.05) is 0 Å². The van der Waals surface area contributed by atoms with Gasteiger partial charge in [-0.2, -0.15) is 0 Å². The van der Waals surface area contributed by atoms with E-state index in [0.717, 1.165) is 6.07 Å². The van der Waals surface area contributed by atoms with Crippen molar-refractivity contribution >= 4 is 11.9 Å². The normalized spacial score (nSPS) is 18.4. The SMILES string of the molecule is COC(=O)C1CCN(C(=O)c2ccc(O)cc2O)C1. The highest BCUT2D eigenvalue weighted by molar-refractivity contribution is 5.97. The number of hydrogen-bond donors (Lipinski definition) is 2. The molecule has 2 N–H and O–H groups in total. The van der Waals surface area contributed by atoms with Crippen LogP contribution in [0.4, 0.5) is 0 Å². The lowest BCUT2D eigenvalue weighted by Gasteiger charge is -2.16. The minimum atomic E-state index is -0.357. The van der Waals surface area contributed by atoms with E-state index in [2.05, 4.69) is 4.74 Å². The number of nitrogens with zero attached hydrogens (tertiary/aromatic N) is 1. The molecule has 1 aromatic rings. The predicted octanol–water partition coefficient (Wildman–Crippen LogP) is 0.733. The van der Waals surface area contributed by atoms with Gasteiger partial charge in [-0.25, -0.2) is 0 Å². The molecule has 0 spiro atoms. The van der Waals surface area contributed by atoms with E-state index in [0.29, 0.717) is 13.0 Å². The van der Waals surface area contributed by atoms with E-state index in [-0.39, 0.29) is 41.4 Å². The zero-order chi connectivity index (χ0) is 14.0. The molecule has 19 heavy (non-hydrogen) atoms. The van der Waals surface area contributed by atoms with E-state index in [1.165, 1.54) is 24.1 Å². The van der Waals surface area contributed by atoms with E-state index >= 15 is 0 Å². The molecule has 1 atom stereocenters. The molecule has 1 fully saturated rings. The molecule has 0 saturated carbocycles. The Hall–Kier alpha value is -2.24. The van der Waals surface area contributed by atoms with Crippen LogP contribution < -0.4 is 0 Å². The minimum Gasteiger partial charge on any atom is -0.508 e. The fourth-order valence-electron chi connectivity index (χ4n) is 2.18. The number of benzene rings is 1. The number of rotatable bonds is 2. The molecule has 1 aromatic carbocycles. The summed E-state index contributed by atoms with van der Waals surface area (Å²) in [6.07, 6.45) is 0.553. The number of carbonyl (C=O) groups excluding carboxylic acids is 2. The van der Waals surface area contributed by atoms with E-state index in [4.69, 9.17) is 0 Å². The Kier molecular flexibility index (Phi) is 3.59. The number of likely N-dealkylation sites (tertiary alicyclic amines) is 1. The summed E-state index contributed by atoms with van der Waals surface area (Å²) in [6.45, 7) is 0.727. The molecule has 6 heteroatoms. The highest BCUT2D eigenvalue weighted by atomic mass is 16.5. The van der Waals surface area contributed by atoms with E-state index in [1.807, 2.05) is 0 Å². The molecule has 0 aliphatic carbocycles. The Bertz CT molecular complexity index is 514. The number of carbonyl (C=O) groups is 2. The fourth-order valence-corrected chi connectivity index (χ4v) is 2.18. The van der Waals surface area contributed by atoms with Crippen molar-refractivity contribution in [3.05, 3.63) is 23.8 Å². The van der Waals surface area contributed by atoms with E-state index in [9.17, 15) is 19.8 Å². The molecule has 1 aliphatic rings. The van der Waals surface area contributed by atoms with Crippen LogP contribution in [-0.4, -0.2) is 47.2 Å². The maximum atomic E-state index is 12.2. The number of amides is 1. The number of phenolic OH excluding ortho intramolecular Hbond substituents is 2. The summed E-state index contributed by atoms with van der Waals surface area (Å²) in [5, 5.41) is 18.8. The van der Waals surface area contributed by atoms with Crippen LogP contribution >= 0.6 is 0 Å². The Balaban J connectivity index is 2.11. The van der Waals surface area contributed by atoms with Crippen LogP contribution in [0.3, 0.4) is 0 Å². The molecule has 1 saturated heterocycles. The smallest absolute Gasteiger partial charge is 0.310 e. The largest absolute Gasteiger partial charge is 0.508 e. The van der Waals surface area contributed by atoms with Crippen molar-refractivity contribution < 1.29 is 24.5 Å². The molecule has 1 heterocycles. The summed E-state index contributed by atoms with van der Waals surface area (Å²) in [5.74, 6) is -1.38. The van der Waals surface area contributed by atoms with Crippen LogP contribution in [0, 0.1) is 5.92 Å². The van der Waals surface area contributed by atoms with Gasteiger partial charge in [0.2, 0.25) is 0 Å². The van der Waals surface area contributed by atoms with Crippen molar-refractivity contribution in [3.63, 3.8) is 0 Å². The van der Waals surface area contributed by atoms with Gasteiger partial charge in [0, 0.05) is 19.2 Å². The zero-order valence-corrected chi connectivity index (χ0v) is 10.5. The number of aromatic hydroxyl groups is 2. The Morgan fingerprint density at radius 1 is 1.37 bits per heavy atom. The molecule has 0 bridgehead atoms. The second kappa shape index (κ2) is 5.17. The first-order valence-corrected chi connectivity index (χ1v) is 5.92. The predicted molar refractivity (Wildman–Crippen MR) is 65.8 cm³/mol. The van der Waals surface area contributed by atoms with Gasteiger partial charge in [-0.05, 0) is 18.6 Å². The molecule has 0 aromatic heterocycles. The quantitative estimate of drug-likeness (QED) is 0.770. The number of phenols is 2. The maximum absolute atomic E-state index is 12.2. The molecule has 1 amide bonds. The van der Waals surface area contributed by atoms with Crippen molar-refractivity contribution in [1.82, 2.24) is 4.90 Å². The van der Waals surface area contributed by atoms with Crippen LogP contribution in [0.15, 0.2) is 18.2 Å². The maximum Gasteiger partial charge on any atom is 0.310 e. The van der Waals surface area contributed by atoms with Crippen LogP contribution in [0.1, 0.15) is 16.8 Å². The average molecular weight is 265 g/mol. The molecular weight excluding hydrogens is 250 g/mol. The molecule has 2 rings (SSSR count). The zero-order valence-electron chi connectivity index (χ0n) is 10.5. The first kappa shape index (κ1) is 13.2. The number of ether oxygens (including phenoxy) is 1. The summed E-state index contributed by atoms with van der Waals surface area (Å²) in [7, 11) is 1.32. The monoisotopic (exact) mass is 265 g/mol. The summed E-state index contributed by atoms with van der Waals surface area (Å²) in [6, 6.07) is 3.81. The van der Waals surface area contributed by atoms with Crippen LogP contribution in [-0.2, 0) is 9.53 Å². The summed E-state index contributed by atoms with van der Waals surface area (Å²) < 4.78 is 4.65. The van der Waals surface area contributed by atoms with E-state index < -0.39 is 0 Å². The van der Waals surface area contributed by atoms with Gasteiger partial charge in [0.15, 0.2) is 0 Å². The van der Waals surface area contributed by atoms with Gasteiger partial charge in [0.25, 0.3) is 5.91 Å². The lowest BCUT2D eigenvalue weighted by Crippen LogP contribution is -2.30. The van der Waals surface area contributed by atoms with Crippen molar-refractivity contribution in [1.29, 1.82) is 0 Å². The Morgan fingerprint density at radius 2 is 2.11 bits per heavy atom. The first-order chi connectivity index (χ1) is 9.02. The standard InChI is InChI=1S/C13H15NO5/c1-19-13(18)8-4-5-14(7-8)12(17)10-3-2-9(15)6-11(10)16/h2-3,6,8,15-16H,4-5,7H2,1H3. The third-order valence-corrected chi connectivity index (χ3v) is 3.22. The first-order valence-electron chi connectivity index (χ1n) is 5.92.